The van der Waals surface area contributed by atoms with Gasteiger partial charge in [0.05, 0.1) is 11.9 Å². The molecule has 1 atom stereocenters. The number of anilines is 1. The molecule has 0 saturated heterocycles. The van der Waals surface area contributed by atoms with E-state index in [9.17, 15) is 18.0 Å². The lowest BCUT2D eigenvalue weighted by molar-refractivity contribution is -0.139. The van der Waals surface area contributed by atoms with E-state index in [1.807, 2.05) is 93.6 Å². The summed E-state index contributed by atoms with van der Waals surface area (Å²) >= 11 is 0. The highest BCUT2D eigenvalue weighted by Crippen LogP contribution is 2.27. The number of aryl methyl sites for hydroxylation is 3. The summed E-state index contributed by atoms with van der Waals surface area (Å²) in [7, 11) is -2.26. The fraction of sp³-hybridized carbons (Fsp3) is 0.310. The number of amides is 2. The summed E-state index contributed by atoms with van der Waals surface area (Å²) in [4.78, 5) is 28.6. The van der Waals surface area contributed by atoms with E-state index >= 15 is 0 Å². The number of nitrogens with one attached hydrogen (secondary N) is 1. The lowest BCUT2D eigenvalue weighted by Gasteiger charge is -2.34. The van der Waals surface area contributed by atoms with Gasteiger partial charge in [0.25, 0.3) is 0 Å². The van der Waals surface area contributed by atoms with Crippen molar-refractivity contribution in [3.05, 3.63) is 101 Å². The van der Waals surface area contributed by atoms with Crippen LogP contribution in [-0.2, 0) is 32.6 Å². The van der Waals surface area contributed by atoms with Gasteiger partial charge in [-0.15, -0.1) is 0 Å². The van der Waals surface area contributed by atoms with Crippen LogP contribution < -0.4 is 9.62 Å². The smallest absolute Gasteiger partial charge is 0.244 e. The molecule has 3 rings (SSSR count). The average Bonchev–Trinajstić information content (AvgIpc) is 2.86. The van der Waals surface area contributed by atoms with Gasteiger partial charge in [-0.1, -0.05) is 78.4 Å². The van der Waals surface area contributed by atoms with E-state index in [1.54, 1.807) is 0 Å². The minimum atomic E-state index is -3.80. The molecule has 37 heavy (non-hydrogen) atoms. The molecule has 0 heterocycles. The Kier molecular flexibility index (Phi) is 9.10. The van der Waals surface area contributed by atoms with Crippen molar-refractivity contribution in [3.8, 4) is 0 Å². The van der Waals surface area contributed by atoms with Crippen LogP contribution in [0.3, 0.4) is 0 Å². The Morgan fingerprint density at radius 3 is 1.97 bits per heavy atom. The molecule has 0 fully saturated rings. The van der Waals surface area contributed by atoms with Gasteiger partial charge >= 0.3 is 0 Å². The lowest BCUT2D eigenvalue weighted by Crippen LogP contribution is -2.53. The molecule has 0 aliphatic heterocycles. The molecule has 7 nitrogen and oxygen atoms in total. The van der Waals surface area contributed by atoms with E-state index in [-0.39, 0.29) is 12.5 Å². The van der Waals surface area contributed by atoms with Crippen molar-refractivity contribution in [2.75, 3.05) is 24.2 Å². The number of carbonyl (C=O) groups is 2. The maximum atomic E-state index is 14.0. The molecule has 1 unspecified atom stereocenters. The maximum Gasteiger partial charge on any atom is 0.244 e. The molecule has 1 N–H and O–H groups in total. The van der Waals surface area contributed by atoms with Crippen molar-refractivity contribution in [1.29, 1.82) is 0 Å². The zero-order valence-electron chi connectivity index (χ0n) is 22.1. The van der Waals surface area contributed by atoms with Crippen molar-refractivity contribution in [2.24, 2.45) is 0 Å². The Morgan fingerprint density at radius 2 is 1.43 bits per heavy atom. The van der Waals surface area contributed by atoms with Crippen LogP contribution >= 0.6 is 0 Å². The minimum absolute atomic E-state index is 0.161. The van der Waals surface area contributed by atoms with E-state index in [4.69, 9.17) is 0 Å². The van der Waals surface area contributed by atoms with Crippen molar-refractivity contribution < 1.29 is 18.0 Å². The molecule has 8 heteroatoms. The first-order chi connectivity index (χ1) is 17.5. The Labute approximate surface area is 220 Å². The van der Waals surface area contributed by atoms with Crippen molar-refractivity contribution in [3.63, 3.8) is 0 Å². The summed E-state index contributed by atoms with van der Waals surface area (Å²) in [6.07, 6.45) is 1.39. The standard InChI is InChI=1S/C29H35N3O4S/c1-21-14-16-25(17-15-21)19-31(26(29(34)30-4)18-24-12-7-6-8-13-24)27(33)20-32(37(5,35)36)28-22(2)10-9-11-23(28)3/h6-17,26H,18-20H2,1-5H3,(H,30,34). The van der Waals surface area contributed by atoms with Gasteiger partial charge in [0, 0.05) is 20.0 Å². The zero-order chi connectivity index (χ0) is 27.2. The first kappa shape index (κ1) is 27.9. The molecule has 0 aliphatic rings. The third-order valence-corrected chi connectivity index (χ3v) is 7.47. The van der Waals surface area contributed by atoms with E-state index < -0.39 is 28.5 Å². The zero-order valence-corrected chi connectivity index (χ0v) is 22.9. The molecule has 0 spiro atoms. The number of para-hydroxylation sites is 1. The Bertz CT molecular complexity index is 1320. The monoisotopic (exact) mass is 521 g/mol. The summed E-state index contributed by atoms with van der Waals surface area (Å²) < 4.78 is 27.0. The molecule has 0 aromatic heterocycles. The highest BCUT2D eigenvalue weighted by Gasteiger charge is 2.33. The van der Waals surface area contributed by atoms with Crippen LogP contribution in [0.4, 0.5) is 5.69 Å². The molecule has 0 radical (unpaired) electrons. The number of sulfonamides is 1. The van der Waals surface area contributed by atoms with Crippen molar-refractivity contribution in [1.82, 2.24) is 10.2 Å². The Balaban J connectivity index is 2.06. The lowest BCUT2D eigenvalue weighted by atomic mass is 10.0. The molecule has 3 aromatic carbocycles. The molecule has 2 amide bonds. The number of hydrogen-bond acceptors (Lipinski definition) is 4. The number of rotatable bonds is 10. The van der Waals surface area contributed by atoms with Crippen LogP contribution in [0, 0.1) is 20.8 Å². The van der Waals surface area contributed by atoms with Gasteiger partial charge in [0.15, 0.2) is 0 Å². The third kappa shape index (κ3) is 7.20. The Hall–Kier alpha value is -3.65. The van der Waals surface area contributed by atoms with E-state index in [0.717, 1.165) is 38.4 Å². The molecular formula is C29H35N3O4S. The van der Waals surface area contributed by atoms with Crippen LogP contribution in [0.2, 0.25) is 0 Å². The SMILES string of the molecule is CNC(=O)C(Cc1ccccc1)N(Cc1ccc(C)cc1)C(=O)CN(c1c(C)cccc1C)S(C)(=O)=O. The van der Waals surface area contributed by atoms with Crippen molar-refractivity contribution in [2.45, 2.75) is 39.8 Å². The highest BCUT2D eigenvalue weighted by molar-refractivity contribution is 7.92. The number of likely N-dealkylation sites (N-methyl/N-ethyl adjacent to an activating group) is 1. The molecule has 0 bridgehead atoms. The second-order valence-corrected chi connectivity index (χ2v) is 11.2. The largest absolute Gasteiger partial charge is 0.357 e. The summed E-state index contributed by atoms with van der Waals surface area (Å²) in [6, 6.07) is 21.8. The average molecular weight is 522 g/mol. The van der Waals surface area contributed by atoms with Gasteiger partial charge in [-0.2, -0.15) is 0 Å². The third-order valence-electron chi connectivity index (χ3n) is 6.36. The summed E-state index contributed by atoms with van der Waals surface area (Å²) in [5.41, 5.74) is 4.79. The first-order valence-electron chi connectivity index (χ1n) is 12.2. The quantitative estimate of drug-likeness (QED) is 0.440. The number of benzene rings is 3. The predicted octanol–water partition coefficient (Wildman–Crippen LogP) is 3.76. The fourth-order valence-corrected chi connectivity index (χ4v) is 5.35. The van der Waals surface area contributed by atoms with E-state index in [0.29, 0.717) is 12.1 Å². The number of carbonyl (C=O) groups excluding carboxylic acids is 2. The second-order valence-electron chi connectivity index (χ2n) is 9.34. The highest BCUT2D eigenvalue weighted by atomic mass is 32.2. The molecular weight excluding hydrogens is 486 g/mol. The van der Waals surface area contributed by atoms with E-state index in [1.165, 1.54) is 11.9 Å². The predicted molar refractivity (Wildman–Crippen MR) is 148 cm³/mol. The van der Waals surface area contributed by atoms with Crippen molar-refractivity contribution >= 4 is 27.5 Å². The first-order valence-corrected chi connectivity index (χ1v) is 14.0. The minimum Gasteiger partial charge on any atom is -0.357 e. The van der Waals surface area contributed by atoms with Crippen LogP contribution in [0.1, 0.15) is 27.8 Å². The van der Waals surface area contributed by atoms with Gasteiger partial charge in [0.1, 0.15) is 12.6 Å². The maximum absolute atomic E-state index is 14.0. The summed E-state index contributed by atoms with van der Waals surface area (Å²) in [5, 5.41) is 2.68. The van der Waals surface area contributed by atoms with Gasteiger partial charge < -0.3 is 10.2 Å². The van der Waals surface area contributed by atoms with Gasteiger partial charge in [-0.05, 0) is 43.0 Å². The van der Waals surface area contributed by atoms with E-state index in [2.05, 4.69) is 5.32 Å². The van der Waals surface area contributed by atoms with Gasteiger partial charge in [-0.25, -0.2) is 8.42 Å². The molecule has 0 saturated carbocycles. The van der Waals surface area contributed by atoms with Crippen LogP contribution in [-0.4, -0.2) is 51.0 Å². The summed E-state index contributed by atoms with van der Waals surface area (Å²) in [5.74, 6) is -0.777. The van der Waals surface area contributed by atoms with Gasteiger partial charge in [0.2, 0.25) is 21.8 Å². The Morgan fingerprint density at radius 1 is 0.838 bits per heavy atom. The summed E-state index contributed by atoms with van der Waals surface area (Å²) in [6.45, 7) is 5.35. The second kappa shape index (κ2) is 12.1. The molecule has 196 valence electrons. The topological polar surface area (TPSA) is 86.8 Å². The normalized spacial score (nSPS) is 12.0. The van der Waals surface area contributed by atoms with Crippen LogP contribution in [0.5, 0.6) is 0 Å². The van der Waals surface area contributed by atoms with Crippen LogP contribution in [0.25, 0.3) is 0 Å². The number of nitrogens with zero attached hydrogens (tertiary/aromatic N) is 2. The van der Waals surface area contributed by atoms with Crippen LogP contribution in [0.15, 0.2) is 72.8 Å². The molecule has 0 aliphatic carbocycles. The fourth-order valence-electron chi connectivity index (χ4n) is 4.39. The molecule has 3 aromatic rings. The number of hydrogen-bond donors (Lipinski definition) is 1. The van der Waals surface area contributed by atoms with Gasteiger partial charge in [-0.3, -0.25) is 13.9 Å².